The van der Waals surface area contributed by atoms with Crippen molar-refractivity contribution in [3.63, 3.8) is 0 Å². The Morgan fingerprint density at radius 2 is 2.06 bits per heavy atom. The summed E-state index contributed by atoms with van der Waals surface area (Å²) in [5, 5.41) is 5.12. The number of aromatic amines is 1. The Morgan fingerprint density at radius 1 is 1.19 bits per heavy atom. The van der Waals surface area contributed by atoms with Crippen LogP contribution < -0.4 is 5.56 Å². The maximum Gasteiger partial charge on any atom is 0.250 e. The maximum atomic E-state index is 11.5. The van der Waals surface area contributed by atoms with Crippen molar-refractivity contribution < 1.29 is 0 Å². The fraction of sp³-hybridized carbons (Fsp3) is 0. The van der Waals surface area contributed by atoms with Crippen molar-refractivity contribution in [1.82, 2.24) is 14.8 Å². The smallest absolute Gasteiger partial charge is 0.250 e. The number of nitrogens with one attached hydrogen (secondary N) is 1. The van der Waals surface area contributed by atoms with E-state index in [1.165, 1.54) is 0 Å². The molecule has 2 aromatic heterocycles. The van der Waals surface area contributed by atoms with E-state index in [2.05, 4.69) is 10.1 Å². The fourth-order valence-corrected chi connectivity index (χ4v) is 1.79. The summed E-state index contributed by atoms with van der Waals surface area (Å²) in [5.41, 5.74) is 1.49. The van der Waals surface area contributed by atoms with E-state index in [9.17, 15) is 4.79 Å². The lowest BCUT2D eigenvalue weighted by molar-refractivity contribution is 0.884. The van der Waals surface area contributed by atoms with Gasteiger partial charge in [0.1, 0.15) is 0 Å². The van der Waals surface area contributed by atoms with Crippen molar-refractivity contribution in [2.24, 2.45) is 0 Å². The Kier molecular flexibility index (Phi) is 1.86. The Morgan fingerprint density at radius 3 is 2.88 bits per heavy atom. The molecule has 0 atom stereocenters. The van der Waals surface area contributed by atoms with Gasteiger partial charge in [0.25, 0.3) is 5.56 Å². The van der Waals surface area contributed by atoms with E-state index in [1.807, 2.05) is 36.5 Å². The second kappa shape index (κ2) is 3.34. The molecule has 0 saturated heterocycles. The number of benzene rings is 1. The predicted octanol–water partition coefficient (Wildman–Crippen LogP) is 1.71. The lowest BCUT2D eigenvalue weighted by Gasteiger charge is -2.05. The number of rotatable bonds is 1. The second-order valence-corrected chi connectivity index (χ2v) is 3.52. The molecule has 0 radical (unpaired) electrons. The van der Waals surface area contributed by atoms with E-state index in [-0.39, 0.29) is 5.56 Å². The van der Waals surface area contributed by atoms with E-state index in [0.29, 0.717) is 0 Å². The molecule has 0 bridgehead atoms. The molecule has 0 spiro atoms. The summed E-state index contributed by atoms with van der Waals surface area (Å²) in [4.78, 5) is 14.3. The van der Waals surface area contributed by atoms with Crippen LogP contribution in [0.4, 0.5) is 0 Å². The van der Waals surface area contributed by atoms with Crippen molar-refractivity contribution >= 4 is 10.9 Å². The molecule has 0 fully saturated rings. The Labute approximate surface area is 91.2 Å². The van der Waals surface area contributed by atoms with Crippen molar-refractivity contribution in [2.75, 3.05) is 0 Å². The molecule has 1 N–H and O–H groups in total. The molecule has 0 saturated carbocycles. The summed E-state index contributed by atoms with van der Waals surface area (Å²) in [6, 6.07) is 11.1. The lowest BCUT2D eigenvalue weighted by Crippen LogP contribution is -2.08. The largest absolute Gasteiger partial charge is 0.322 e. The fourth-order valence-electron chi connectivity index (χ4n) is 1.79. The number of fused-ring (bicyclic) bond motifs is 1. The molecule has 2 heterocycles. The minimum Gasteiger partial charge on any atom is -0.322 e. The maximum absolute atomic E-state index is 11.5. The van der Waals surface area contributed by atoms with Crippen molar-refractivity contribution in [1.29, 1.82) is 0 Å². The first-order valence-electron chi connectivity index (χ1n) is 4.97. The van der Waals surface area contributed by atoms with E-state index < -0.39 is 0 Å². The number of aromatic nitrogens is 3. The van der Waals surface area contributed by atoms with Gasteiger partial charge >= 0.3 is 0 Å². The monoisotopic (exact) mass is 211 g/mol. The Balaban J connectivity index is 2.44. The molecule has 16 heavy (non-hydrogen) atoms. The zero-order chi connectivity index (χ0) is 11.0. The van der Waals surface area contributed by atoms with Crippen molar-refractivity contribution in [3.8, 4) is 5.69 Å². The van der Waals surface area contributed by atoms with Gasteiger partial charge in [-0.05, 0) is 12.1 Å². The molecule has 0 amide bonds. The zero-order valence-corrected chi connectivity index (χ0v) is 8.42. The molecule has 0 aliphatic carbocycles. The molecular formula is C12H9N3O. The number of para-hydroxylation sites is 1. The quantitative estimate of drug-likeness (QED) is 0.666. The van der Waals surface area contributed by atoms with Gasteiger partial charge < -0.3 is 4.98 Å². The van der Waals surface area contributed by atoms with Crippen LogP contribution in [0.15, 0.2) is 53.6 Å². The van der Waals surface area contributed by atoms with Crippen LogP contribution in [-0.4, -0.2) is 14.8 Å². The SMILES string of the molecule is O=c1cc(-n2cccn2)c2ccccc2[nH]1. The highest BCUT2D eigenvalue weighted by atomic mass is 16.1. The van der Waals surface area contributed by atoms with Crippen LogP contribution in [0, 0.1) is 0 Å². The van der Waals surface area contributed by atoms with Gasteiger partial charge in [0, 0.05) is 23.8 Å². The minimum absolute atomic E-state index is 0.121. The third kappa shape index (κ3) is 1.32. The first kappa shape index (κ1) is 8.91. The number of H-pyrrole nitrogens is 1. The summed E-state index contributed by atoms with van der Waals surface area (Å²) in [6.07, 6.45) is 3.51. The van der Waals surface area contributed by atoms with Crippen LogP contribution in [-0.2, 0) is 0 Å². The first-order valence-corrected chi connectivity index (χ1v) is 4.97. The number of hydrogen-bond donors (Lipinski definition) is 1. The van der Waals surface area contributed by atoms with Gasteiger partial charge in [0.15, 0.2) is 0 Å². The highest BCUT2D eigenvalue weighted by Gasteiger charge is 2.04. The number of hydrogen-bond acceptors (Lipinski definition) is 2. The van der Waals surface area contributed by atoms with Crippen LogP contribution in [0.1, 0.15) is 0 Å². The van der Waals surface area contributed by atoms with Gasteiger partial charge in [-0.3, -0.25) is 4.79 Å². The van der Waals surface area contributed by atoms with E-state index in [4.69, 9.17) is 0 Å². The average molecular weight is 211 g/mol. The third-order valence-corrected chi connectivity index (χ3v) is 2.48. The summed E-state index contributed by atoms with van der Waals surface area (Å²) < 4.78 is 1.69. The van der Waals surface area contributed by atoms with Crippen LogP contribution in [0.3, 0.4) is 0 Å². The lowest BCUT2D eigenvalue weighted by atomic mass is 10.2. The summed E-state index contributed by atoms with van der Waals surface area (Å²) in [7, 11) is 0. The van der Waals surface area contributed by atoms with Crippen LogP contribution >= 0.6 is 0 Å². The van der Waals surface area contributed by atoms with Gasteiger partial charge in [0.2, 0.25) is 0 Å². The zero-order valence-electron chi connectivity index (χ0n) is 8.42. The molecule has 0 aliphatic rings. The minimum atomic E-state index is -0.121. The summed E-state index contributed by atoms with van der Waals surface area (Å²) >= 11 is 0. The van der Waals surface area contributed by atoms with Gasteiger partial charge in [-0.2, -0.15) is 5.10 Å². The third-order valence-electron chi connectivity index (χ3n) is 2.48. The van der Waals surface area contributed by atoms with Crippen LogP contribution in [0.2, 0.25) is 0 Å². The molecular weight excluding hydrogens is 202 g/mol. The Bertz CT molecular complexity index is 683. The molecule has 78 valence electrons. The molecule has 4 nitrogen and oxygen atoms in total. The second-order valence-electron chi connectivity index (χ2n) is 3.52. The van der Waals surface area contributed by atoms with Gasteiger partial charge in [-0.25, -0.2) is 4.68 Å². The Hall–Kier alpha value is -2.36. The topological polar surface area (TPSA) is 50.7 Å². The molecule has 3 aromatic rings. The number of nitrogens with zero attached hydrogens (tertiary/aromatic N) is 2. The van der Waals surface area contributed by atoms with E-state index in [0.717, 1.165) is 16.6 Å². The van der Waals surface area contributed by atoms with Gasteiger partial charge in [0.05, 0.1) is 11.2 Å². The van der Waals surface area contributed by atoms with E-state index >= 15 is 0 Å². The van der Waals surface area contributed by atoms with Crippen LogP contribution in [0.5, 0.6) is 0 Å². The molecule has 3 rings (SSSR count). The van der Waals surface area contributed by atoms with E-state index in [1.54, 1.807) is 16.9 Å². The first-order chi connectivity index (χ1) is 7.84. The van der Waals surface area contributed by atoms with Gasteiger partial charge in [-0.1, -0.05) is 18.2 Å². The summed E-state index contributed by atoms with van der Waals surface area (Å²) in [5.74, 6) is 0. The number of pyridine rings is 1. The average Bonchev–Trinajstić information content (AvgIpc) is 2.81. The van der Waals surface area contributed by atoms with Crippen molar-refractivity contribution in [3.05, 3.63) is 59.1 Å². The predicted molar refractivity (Wildman–Crippen MR) is 61.7 cm³/mol. The normalized spacial score (nSPS) is 10.8. The highest BCUT2D eigenvalue weighted by Crippen LogP contribution is 2.17. The highest BCUT2D eigenvalue weighted by molar-refractivity contribution is 5.86. The molecule has 0 aliphatic heterocycles. The van der Waals surface area contributed by atoms with Gasteiger partial charge in [-0.15, -0.1) is 0 Å². The molecule has 0 unspecified atom stereocenters. The molecule has 1 aromatic carbocycles. The molecule has 4 heteroatoms. The van der Waals surface area contributed by atoms with Crippen molar-refractivity contribution in [2.45, 2.75) is 0 Å². The standard InChI is InChI=1S/C12H9N3O/c16-12-8-11(15-7-3-6-13-15)9-4-1-2-5-10(9)14-12/h1-8H,(H,14,16). The summed E-state index contributed by atoms with van der Waals surface area (Å²) in [6.45, 7) is 0. The van der Waals surface area contributed by atoms with Crippen LogP contribution in [0.25, 0.3) is 16.6 Å².